The molecule has 0 unspecified atom stereocenters. The Kier molecular flexibility index (Phi) is 6.42. The molecule has 2 heterocycles. The van der Waals surface area contributed by atoms with Crippen molar-refractivity contribution in [3.8, 4) is 0 Å². The standard InChI is InChI=1S/C23H28N4OS/c1-2-7-22(28)24-20-10-5-3-8-18(20)12-13-26-14-16-27(17-15-26)23-19-9-4-6-11-21(19)29-25-23/h3-6,8-11H,2,7,12-17H2,1H3,(H,24,28). The number of hydrogen-bond acceptors (Lipinski definition) is 5. The lowest BCUT2D eigenvalue weighted by atomic mass is 10.1. The minimum atomic E-state index is 0.101. The minimum Gasteiger partial charge on any atom is -0.353 e. The van der Waals surface area contributed by atoms with Crippen LogP contribution in [-0.2, 0) is 11.2 Å². The smallest absolute Gasteiger partial charge is 0.224 e. The van der Waals surface area contributed by atoms with Crippen LogP contribution < -0.4 is 10.2 Å². The maximum absolute atomic E-state index is 12.0. The van der Waals surface area contributed by atoms with E-state index in [0.717, 1.165) is 57.1 Å². The molecule has 0 aliphatic carbocycles. The summed E-state index contributed by atoms with van der Waals surface area (Å²) in [5.74, 6) is 1.23. The third kappa shape index (κ3) is 4.77. The first-order chi connectivity index (χ1) is 14.2. The maximum atomic E-state index is 12.0. The van der Waals surface area contributed by atoms with Crippen molar-refractivity contribution in [1.82, 2.24) is 9.27 Å². The van der Waals surface area contributed by atoms with Crippen LogP contribution >= 0.6 is 11.5 Å². The summed E-state index contributed by atoms with van der Waals surface area (Å²) in [7, 11) is 0. The fraction of sp³-hybridized carbons (Fsp3) is 0.391. The van der Waals surface area contributed by atoms with Gasteiger partial charge >= 0.3 is 0 Å². The molecule has 29 heavy (non-hydrogen) atoms. The molecule has 5 nitrogen and oxygen atoms in total. The number of carbonyl (C=O) groups is 1. The van der Waals surface area contributed by atoms with Gasteiger partial charge in [0.1, 0.15) is 5.82 Å². The highest BCUT2D eigenvalue weighted by Gasteiger charge is 2.20. The van der Waals surface area contributed by atoms with Gasteiger partial charge in [-0.15, -0.1) is 0 Å². The lowest BCUT2D eigenvalue weighted by Gasteiger charge is -2.35. The Balaban J connectivity index is 1.32. The van der Waals surface area contributed by atoms with Crippen molar-refractivity contribution < 1.29 is 4.79 Å². The zero-order valence-corrected chi connectivity index (χ0v) is 17.8. The van der Waals surface area contributed by atoms with Crippen LogP contribution in [0.4, 0.5) is 11.5 Å². The molecular weight excluding hydrogens is 380 g/mol. The van der Waals surface area contributed by atoms with Crippen LogP contribution in [0.3, 0.4) is 0 Å². The predicted molar refractivity (Wildman–Crippen MR) is 122 cm³/mol. The number of aromatic nitrogens is 1. The van der Waals surface area contributed by atoms with Gasteiger partial charge in [0.15, 0.2) is 0 Å². The Bertz CT molecular complexity index is 962. The summed E-state index contributed by atoms with van der Waals surface area (Å²) in [6.07, 6.45) is 2.39. The molecule has 0 radical (unpaired) electrons. The van der Waals surface area contributed by atoms with Crippen LogP contribution in [0.2, 0.25) is 0 Å². The van der Waals surface area contributed by atoms with Crippen molar-refractivity contribution in [2.75, 3.05) is 42.9 Å². The molecule has 0 saturated carbocycles. The van der Waals surface area contributed by atoms with Crippen molar-refractivity contribution in [1.29, 1.82) is 0 Å². The van der Waals surface area contributed by atoms with E-state index in [2.05, 4.69) is 51.5 Å². The second-order valence-corrected chi connectivity index (χ2v) is 8.34. The quantitative estimate of drug-likeness (QED) is 0.630. The monoisotopic (exact) mass is 408 g/mol. The van der Waals surface area contributed by atoms with Crippen LogP contribution in [0, 0.1) is 0 Å². The molecule has 152 valence electrons. The number of nitrogens with one attached hydrogen (secondary N) is 1. The van der Waals surface area contributed by atoms with E-state index in [1.54, 1.807) is 11.5 Å². The Morgan fingerprint density at radius 2 is 1.83 bits per heavy atom. The molecule has 0 spiro atoms. The van der Waals surface area contributed by atoms with Crippen molar-refractivity contribution in [2.24, 2.45) is 0 Å². The van der Waals surface area contributed by atoms with E-state index < -0.39 is 0 Å². The molecule has 1 aliphatic heterocycles. The van der Waals surface area contributed by atoms with Crippen LogP contribution in [0.5, 0.6) is 0 Å². The first-order valence-corrected chi connectivity index (χ1v) is 11.2. The average molecular weight is 409 g/mol. The van der Waals surface area contributed by atoms with Gasteiger partial charge in [0.25, 0.3) is 0 Å². The molecular formula is C23H28N4OS. The molecule has 1 saturated heterocycles. The van der Waals surface area contributed by atoms with Gasteiger partial charge in [-0.25, -0.2) is 0 Å². The molecule has 6 heteroatoms. The number of nitrogens with zero attached hydrogens (tertiary/aromatic N) is 3. The second kappa shape index (κ2) is 9.37. The van der Waals surface area contributed by atoms with Crippen LogP contribution in [0.15, 0.2) is 48.5 Å². The van der Waals surface area contributed by atoms with E-state index in [1.165, 1.54) is 15.6 Å². The number of benzene rings is 2. The van der Waals surface area contributed by atoms with E-state index >= 15 is 0 Å². The summed E-state index contributed by atoms with van der Waals surface area (Å²) in [6, 6.07) is 16.7. The minimum absolute atomic E-state index is 0.101. The molecule has 0 atom stereocenters. The molecule has 0 bridgehead atoms. The first-order valence-electron chi connectivity index (χ1n) is 10.4. The van der Waals surface area contributed by atoms with E-state index in [1.807, 2.05) is 19.1 Å². The largest absolute Gasteiger partial charge is 0.353 e. The summed E-state index contributed by atoms with van der Waals surface area (Å²) < 4.78 is 5.96. The van der Waals surface area contributed by atoms with Crippen molar-refractivity contribution >= 4 is 39.0 Å². The Morgan fingerprint density at radius 1 is 1.07 bits per heavy atom. The molecule has 4 rings (SSSR count). The first kappa shape index (κ1) is 19.9. The number of para-hydroxylation sites is 1. The fourth-order valence-corrected chi connectivity index (χ4v) is 4.66. The van der Waals surface area contributed by atoms with E-state index in [-0.39, 0.29) is 5.91 Å². The number of hydrogen-bond donors (Lipinski definition) is 1. The number of fused-ring (bicyclic) bond motifs is 1. The third-order valence-corrected chi connectivity index (χ3v) is 6.31. The van der Waals surface area contributed by atoms with Gasteiger partial charge in [-0.1, -0.05) is 37.3 Å². The summed E-state index contributed by atoms with van der Waals surface area (Å²) in [4.78, 5) is 16.9. The summed E-state index contributed by atoms with van der Waals surface area (Å²) in [6.45, 7) is 7.11. The molecule has 1 aromatic heterocycles. The normalized spacial score (nSPS) is 15.0. The molecule has 1 aliphatic rings. The van der Waals surface area contributed by atoms with Gasteiger partial charge in [0.2, 0.25) is 5.91 Å². The highest BCUT2D eigenvalue weighted by molar-refractivity contribution is 7.13. The zero-order valence-electron chi connectivity index (χ0n) is 16.9. The number of anilines is 2. The van der Waals surface area contributed by atoms with Gasteiger partial charge < -0.3 is 10.2 Å². The van der Waals surface area contributed by atoms with Gasteiger partial charge in [0.05, 0.1) is 4.70 Å². The highest BCUT2D eigenvalue weighted by Crippen LogP contribution is 2.29. The van der Waals surface area contributed by atoms with Gasteiger partial charge in [-0.3, -0.25) is 9.69 Å². The molecule has 1 N–H and O–H groups in total. The van der Waals surface area contributed by atoms with Crippen molar-refractivity contribution in [3.05, 3.63) is 54.1 Å². The maximum Gasteiger partial charge on any atom is 0.224 e. The Hall–Kier alpha value is -2.44. The van der Waals surface area contributed by atoms with E-state index in [4.69, 9.17) is 4.37 Å². The van der Waals surface area contributed by atoms with E-state index in [0.29, 0.717) is 6.42 Å². The number of piperazine rings is 1. The van der Waals surface area contributed by atoms with Crippen LogP contribution in [0.1, 0.15) is 25.3 Å². The topological polar surface area (TPSA) is 48.5 Å². The van der Waals surface area contributed by atoms with Crippen molar-refractivity contribution in [2.45, 2.75) is 26.2 Å². The van der Waals surface area contributed by atoms with Crippen LogP contribution in [-0.4, -0.2) is 47.9 Å². The highest BCUT2D eigenvalue weighted by atomic mass is 32.1. The third-order valence-electron chi connectivity index (χ3n) is 5.50. The van der Waals surface area contributed by atoms with Gasteiger partial charge in [0, 0.05) is 50.2 Å². The number of amides is 1. The predicted octanol–water partition coefficient (Wildman–Crippen LogP) is 4.40. The number of rotatable bonds is 7. The molecule has 3 aromatic rings. The number of carbonyl (C=O) groups excluding carboxylic acids is 1. The average Bonchev–Trinajstić information content (AvgIpc) is 3.18. The second-order valence-electron chi connectivity index (χ2n) is 7.54. The molecule has 1 amide bonds. The Morgan fingerprint density at radius 3 is 2.66 bits per heavy atom. The molecule has 1 fully saturated rings. The lowest BCUT2D eigenvalue weighted by Crippen LogP contribution is -2.47. The van der Waals surface area contributed by atoms with E-state index in [9.17, 15) is 4.79 Å². The van der Waals surface area contributed by atoms with Crippen LogP contribution in [0.25, 0.3) is 10.1 Å². The zero-order chi connectivity index (χ0) is 20.1. The van der Waals surface area contributed by atoms with Gasteiger partial charge in [-0.05, 0) is 48.1 Å². The lowest BCUT2D eigenvalue weighted by molar-refractivity contribution is -0.116. The fourth-order valence-electron chi connectivity index (χ4n) is 3.86. The summed E-state index contributed by atoms with van der Waals surface area (Å²) in [5.41, 5.74) is 2.17. The van der Waals surface area contributed by atoms with Crippen molar-refractivity contribution in [3.63, 3.8) is 0 Å². The summed E-state index contributed by atoms with van der Waals surface area (Å²) >= 11 is 1.59. The summed E-state index contributed by atoms with van der Waals surface area (Å²) in [5, 5.41) is 4.34. The SMILES string of the molecule is CCCC(=O)Nc1ccccc1CCN1CCN(c2nsc3ccccc23)CC1. The Labute approximate surface area is 176 Å². The van der Waals surface area contributed by atoms with Gasteiger partial charge in [-0.2, -0.15) is 4.37 Å². The molecule has 2 aromatic carbocycles.